The van der Waals surface area contributed by atoms with Crippen molar-refractivity contribution in [2.24, 2.45) is 0 Å². The Morgan fingerprint density at radius 1 is 1.41 bits per heavy atom. The SMILES string of the molecule is Cc1cc(NC(=O)C(F)(F)F)ncc1C(=O)O. The number of alkyl halides is 3. The Balaban J connectivity index is 2.92. The van der Waals surface area contributed by atoms with Gasteiger partial charge in [0.2, 0.25) is 0 Å². The molecule has 1 aromatic rings. The molecule has 0 unspecified atom stereocenters. The number of carboxylic acid groups (broad SMARTS) is 1. The number of aryl methyl sites for hydroxylation is 1. The van der Waals surface area contributed by atoms with Gasteiger partial charge in [-0.25, -0.2) is 9.78 Å². The van der Waals surface area contributed by atoms with Crippen molar-refractivity contribution in [2.45, 2.75) is 13.1 Å². The van der Waals surface area contributed by atoms with Gasteiger partial charge < -0.3 is 10.4 Å². The molecule has 0 radical (unpaired) electrons. The van der Waals surface area contributed by atoms with Crippen LogP contribution in [0.25, 0.3) is 0 Å². The minimum atomic E-state index is -5.01. The molecule has 1 aromatic heterocycles. The first-order chi connectivity index (χ1) is 7.71. The van der Waals surface area contributed by atoms with Crippen molar-refractivity contribution in [3.8, 4) is 0 Å². The molecule has 1 amide bonds. The zero-order valence-electron chi connectivity index (χ0n) is 8.50. The molecule has 0 aliphatic rings. The van der Waals surface area contributed by atoms with Gasteiger partial charge in [-0.15, -0.1) is 0 Å². The van der Waals surface area contributed by atoms with Crippen LogP contribution < -0.4 is 5.32 Å². The van der Waals surface area contributed by atoms with E-state index in [2.05, 4.69) is 4.98 Å². The lowest BCUT2D eigenvalue weighted by molar-refractivity contribution is -0.167. The monoisotopic (exact) mass is 248 g/mol. The molecular formula is C9H7F3N2O3. The molecule has 2 N–H and O–H groups in total. The number of nitrogens with one attached hydrogen (secondary N) is 1. The van der Waals surface area contributed by atoms with Gasteiger partial charge in [0, 0.05) is 6.20 Å². The molecule has 0 bridgehead atoms. The molecule has 0 saturated carbocycles. The Bertz CT molecular complexity index is 471. The van der Waals surface area contributed by atoms with Gasteiger partial charge in [0.15, 0.2) is 0 Å². The normalized spacial score (nSPS) is 11.1. The third-order valence-electron chi connectivity index (χ3n) is 1.84. The van der Waals surface area contributed by atoms with E-state index in [1.54, 1.807) is 0 Å². The van der Waals surface area contributed by atoms with E-state index >= 15 is 0 Å². The van der Waals surface area contributed by atoms with E-state index in [4.69, 9.17) is 5.11 Å². The van der Waals surface area contributed by atoms with Crippen molar-refractivity contribution >= 4 is 17.7 Å². The summed E-state index contributed by atoms with van der Waals surface area (Å²) in [5, 5.41) is 10.2. The van der Waals surface area contributed by atoms with Crippen LogP contribution in [-0.4, -0.2) is 28.1 Å². The van der Waals surface area contributed by atoms with E-state index < -0.39 is 18.1 Å². The van der Waals surface area contributed by atoms with Crippen LogP contribution in [0.2, 0.25) is 0 Å². The maximum atomic E-state index is 11.9. The summed E-state index contributed by atoms with van der Waals surface area (Å²) in [5.74, 6) is -3.76. The number of anilines is 1. The van der Waals surface area contributed by atoms with Crippen molar-refractivity contribution in [3.63, 3.8) is 0 Å². The first-order valence-electron chi connectivity index (χ1n) is 4.30. The van der Waals surface area contributed by atoms with Gasteiger partial charge in [-0.1, -0.05) is 0 Å². The van der Waals surface area contributed by atoms with Gasteiger partial charge in [0.05, 0.1) is 5.56 Å². The molecule has 0 aliphatic carbocycles. The maximum absolute atomic E-state index is 11.9. The lowest BCUT2D eigenvalue weighted by Gasteiger charge is -2.08. The molecule has 0 aliphatic heterocycles. The summed E-state index contributed by atoms with van der Waals surface area (Å²) in [4.78, 5) is 24.6. The van der Waals surface area contributed by atoms with Gasteiger partial charge in [-0.2, -0.15) is 13.2 Å². The van der Waals surface area contributed by atoms with E-state index in [0.717, 1.165) is 12.3 Å². The zero-order chi connectivity index (χ0) is 13.2. The van der Waals surface area contributed by atoms with Crippen LogP contribution in [0, 0.1) is 6.92 Å². The fourth-order valence-electron chi connectivity index (χ4n) is 1.04. The minimum Gasteiger partial charge on any atom is -0.478 e. The Morgan fingerprint density at radius 2 is 2.00 bits per heavy atom. The van der Waals surface area contributed by atoms with E-state index in [1.165, 1.54) is 12.2 Å². The molecule has 0 fully saturated rings. The number of aromatic nitrogens is 1. The van der Waals surface area contributed by atoms with E-state index in [1.807, 2.05) is 0 Å². The number of rotatable bonds is 2. The van der Waals surface area contributed by atoms with Gasteiger partial charge in [0.1, 0.15) is 5.82 Å². The van der Waals surface area contributed by atoms with Crippen LogP contribution in [-0.2, 0) is 4.79 Å². The highest BCUT2D eigenvalue weighted by molar-refractivity contribution is 5.95. The smallest absolute Gasteiger partial charge is 0.471 e. The van der Waals surface area contributed by atoms with Crippen LogP contribution in [0.15, 0.2) is 12.3 Å². The second kappa shape index (κ2) is 4.40. The van der Waals surface area contributed by atoms with Crippen molar-refractivity contribution in [3.05, 3.63) is 23.4 Å². The fourth-order valence-corrected chi connectivity index (χ4v) is 1.04. The Morgan fingerprint density at radius 3 is 2.41 bits per heavy atom. The highest BCUT2D eigenvalue weighted by atomic mass is 19.4. The average molecular weight is 248 g/mol. The Hall–Kier alpha value is -2.12. The van der Waals surface area contributed by atoms with Crippen LogP contribution in [0.1, 0.15) is 15.9 Å². The topological polar surface area (TPSA) is 79.3 Å². The molecule has 8 heteroatoms. The quantitative estimate of drug-likeness (QED) is 0.832. The van der Waals surface area contributed by atoms with Crippen LogP contribution in [0.3, 0.4) is 0 Å². The molecule has 92 valence electrons. The first-order valence-corrected chi connectivity index (χ1v) is 4.30. The first kappa shape index (κ1) is 12.9. The van der Waals surface area contributed by atoms with E-state index in [0.29, 0.717) is 0 Å². The molecule has 5 nitrogen and oxygen atoms in total. The number of aromatic carboxylic acids is 1. The van der Waals surface area contributed by atoms with E-state index in [9.17, 15) is 22.8 Å². The highest BCUT2D eigenvalue weighted by Crippen LogP contribution is 2.18. The molecule has 0 spiro atoms. The number of pyridine rings is 1. The second-order valence-electron chi connectivity index (χ2n) is 3.14. The van der Waals surface area contributed by atoms with Crippen LogP contribution in [0.5, 0.6) is 0 Å². The number of halogens is 3. The molecule has 1 rings (SSSR count). The van der Waals surface area contributed by atoms with Gasteiger partial charge in [-0.05, 0) is 18.6 Å². The number of carbonyl (C=O) groups is 2. The Kier molecular flexibility index (Phi) is 3.35. The zero-order valence-corrected chi connectivity index (χ0v) is 8.50. The summed E-state index contributed by atoms with van der Waals surface area (Å²) < 4.78 is 35.7. The van der Waals surface area contributed by atoms with Crippen molar-refractivity contribution < 1.29 is 27.9 Å². The van der Waals surface area contributed by atoms with Crippen LogP contribution >= 0.6 is 0 Å². The Labute approximate surface area is 93.3 Å². The standard InChI is InChI=1S/C9H7F3N2O3/c1-4-2-6(13-3-5(4)7(15)16)14-8(17)9(10,11)12/h2-3H,1H3,(H,15,16)(H,13,14,17). The number of carbonyl (C=O) groups excluding carboxylic acids is 1. The predicted molar refractivity (Wildman–Crippen MR) is 50.6 cm³/mol. The predicted octanol–water partition coefficient (Wildman–Crippen LogP) is 1.59. The number of carboxylic acids is 1. The van der Waals surface area contributed by atoms with Gasteiger partial charge >= 0.3 is 18.1 Å². The van der Waals surface area contributed by atoms with Gasteiger partial charge in [-0.3, -0.25) is 4.79 Å². The number of hydrogen-bond acceptors (Lipinski definition) is 3. The van der Waals surface area contributed by atoms with Crippen molar-refractivity contribution in [2.75, 3.05) is 5.32 Å². The summed E-state index contributed by atoms with van der Waals surface area (Å²) in [7, 11) is 0. The summed E-state index contributed by atoms with van der Waals surface area (Å²) >= 11 is 0. The molecule has 17 heavy (non-hydrogen) atoms. The largest absolute Gasteiger partial charge is 0.478 e. The highest BCUT2D eigenvalue weighted by Gasteiger charge is 2.38. The maximum Gasteiger partial charge on any atom is 0.471 e. The third kappa shape index (κ3) is 3.16. The average Bonchev–Trinajstić information content (AvgIpc) is 2.15. The number of amides is 1. The fraction of sp³-hybridized carbons (Fsp3) is 0.222. The minimum absolute atomic E-state index is 0.144. The van der Waals surface area contributed by atoms with Gasteiger partial charge in [0.25, 0.3) is 0 Å². The van der Waals surface area contributed by atoms with Crippen molar-refractivity contribution in [1.82, 2.24) is 4.98 Å². The molecule has 0 atom stereocenters. The summed E-state index contributed by atoms with van der Waals surface area (Å²) in [5.41, 5.74) is 0.0555. The third-order valence-corrected chi connectivity index (χ3v) is 1.84. The second-order valence-corrected chi connectivity index (χ2v) is 3.14. The van der Waals surface area contributed by atoms with E-state index in [-0.39, 0.29) is 16.9 Å². The number of nitrogens with zero attached hydrogens (tertiary/aromatic N) is 1. The summed E-state index contributed by atoms with van der Waals surface area (Å²) in [6.07, 6.45) is -4.13. The molecule has 1 heterocycles. The summed E-state index contributed by atoms with van der Waals surface area (Å²) in [6.45, 7) is 1.38. The molecular weight excluding hydrogens is 241 g/mol. The number of hydrogen-bond donors (Lipinski definition) is 2. The molecule has 0 saturated heterocycles. The lowest BCUT2D eigenvalue weighted by atomic mass is 10.1. The van der Waals surface area contributed by atoms with Crippen LogP contribution in [0.4, 0.5) is 19.0 Å². The molecule has 0 aromatic carbocycles. The van der Waals surface area contributed by atoms with Crippen molar-refractivity contribution in [1.29, 1.82) is 0 Å². The summed E-state index contributed by atoms with van der Waals surface area (Å²) in [6, 6.07) is 1.05. The lowest BCUT2D eigenvalue weighted by Crippen LogP contribution is -2.30.